The molecule has 3 aromatic rings. The van der Waals surface area contributed by atoms with E-state index in [9.17, 15) is 0 Å². The SMILES string of the molecule is CCc1cc(C(C)(C)C)cc(C(C)(C)C)c1-c1ccc(-c2ccccc2)cc1. The predicted molar refractivity (Wildman–Crippen MR) is 124 cm³/mol. The minimum Gasteiger partial charge on any atom is -0.0622 e. The molecule has 3 aromatic carbocycles. The summed E-state index contributed by atoms with van der Waals surface area (Å²) in [5, 5.41) is 0. The standard InChI is InChI=1S/C28H34/c1-8-20-18-24(27(2,3)4)19-25(28(5,6)7)26(20)23-16-14-22(15-17-23)21-12-10-9-11-13-21/h9-19H,8H2,1-7H3. The highest BCUT2D eigenvalue weighted by Gasteiger charge is 2.25. The topological polar surface area (TPSA) is 0 Å². The lowest BCUT2D eigenvalue weighted by molar-refractivity contribution is 0.568. The second-order valence-corrected chi connectivity index (χ2v) is 9.85. The summed E-state index contributed by atoms with van der Waals surface area (Å²) >= 11 is 0. The van der Waals surface area contributed by atoms with Crippen LogP contribution in [0.25, 0.3) is 22.3 Å². The molecule has 0 bridgehead atoms. The number of hydrogen-bond acceptors (Lipinski definition) is 0. The van der Waals surface area contributed by atoms with Gasteiger partial charge in [-0.2, -0.15) is 0 Å². The molecule has 0 unspecified atom stereocenters. The van der Waals surface area contributed by atoms with Crippen LogP contribution in [0.15, 0.2) is 66.7 Å². The summed E-state index contributed by atoms with van der Waals surface area (Å²) in [6.07, 6.45) is 1.04. The van der Waals surface area contributed by atoms with E-state index in [1.165, 1.54) is 38.9 Å². The molecule has 0 heteroatoms. The lowest BCUT2D eigenvalue weighted by atomic mass is 9.75. The minimum atomic E-state index is 0.0958. The molecule has 0 amide bonds. The van der Waals surface area contributed by atoms with Crippen LogP contribution in [-0.2, 0) is 17.3 Å². The van der Waals surface area contributed by atoms with Gasteiger partial charge in [-0.05, 0) is 56.2 Å². The first-order valence-corrected chi connectivity index (χ1v) is 10.4. The molecule has 0 atom stereocenters. The molecule has 0 aliphatic heterocycles. The molecule has 28 heavy (non-hydrogen) atoms. The maximum Gasteiger partial charge on any atom is -0.0114 e. The molecule has 0 fully saturated rings. The molecule has 0 aliphatic rings. The average molecular weight is 371 g/mol. The van der Waals surface area contributed by atoms with Crippen LogP contribution < -0.4 is 0 Å². The number of aryl methyl sites for hydroxylation is 1. The van der Waals surface area contributed by atoms with Crippen molar-refractivity contribution in [2.75, 3.05) is 0 Å². The van der Waals surface area contributed by atoms with Gasteiger partial charge in [0.15, 0.2) is 0 Å². The summed E-state index contributed by atoms with van der Waals surface area (Å²) in [5.74, 6) is 0. The van der Waals surface area contributed by atoms with Gasteiger partial charge in [-0.25, -0.2) is 0 Å². The second kappa shape index (κ2) is 7.59. The van der Waals surface area contributed by atoms with Crippen molar-refractivity contribution in [2.45, 2.75) is 65.7 Å². The van der Waals surface area contributed by atoms with E-state index in [-0.39, 0.29) is 10.8 Å². The number of benzene rings is 3. The third kappa shape index (κ3) is 4.22. The highest BCUT2D eigenvalue weighted by molar-refractivity contribution is 5.76. The molecule has 3 rings (SSSR count). The molecule has 0 spiro atoms. The lowest BCUT2D eigenvalue weighted by Crippen LogP contribution is -2.18. The Kier molecular flexibility index (Phi) is 5.53. The zero-order valence-electron chi connectivity index (χ0n) is 18.6. The zero-order valence-corrected chi connectivity index (χ0v) is 18.6. The summed E-state index contributed by atoms with van der Waals surface area (Å²) < 4.78 is 0. The van der Waals surface area contributed by atoms with Gasteiger partial charge >= 0.3 is 0 Å². The fourth-order valence-corrected chi connectivity index (χ4v) is 3.81. The van der Waals surface area contributed by atoms with Gasteiger partial charge in [0.2, 0.25) is 0 Å². The van der Waals surface area contributed by atoms with Gasteiger partial charge in [-0.3, -0.25) is 0 Å². The van der Waals surface area contributed by atoms with E-state index in [4.69, 9.17) is 0 Å². The third-order valence-electron chi connectivity index (χ3n) is 5.56. The molecule has 0 saturated heterocycles. The largest absolute Gasteiger partial charge is 0.0622 e. The normalized spacial score (nSPS) is 12.2. The van der Waals surface area contributed by atoms with E-state index < -0.39 is 0 Å². The zero-order chi connectivity index (χ0) is 20.5. The van der Waals surface area contributed by atoms with Crippen molar-refractivity contribution in [1.29, 1.82) is 0 Å². The molecule has 0 aliphatic carbocycles. The summed E-state index contributed by atoms with van der Waals surface area (Å²) in [6.45, 7) is 16.2. The second-order valence-electron chi connectivity index (χ2n) is 9.85. The summed E-state index contributed by atoms with van der Waals surface area (Å²) in [5.41, 5.74) is 9.85. The van der Waals surface area contributed by atoms with E-state index in [0.29, 0.717) is 0 Å². The van der Waals surface area contributed by atoms with Crippen molar-refractivity contribution in [3.05, 3.63) is 83.4 Å². The fraction of sp³-hybridized carbons (Fsp3) is 0.357. The summed E-state index contributed by atoms with van der Waals surface area (Å²) in [7, 11) is 0. The molecule has 0 nitrogen and oxygen atoms in total. The lowest BCUT2D eigenvalue weighted by Gasteiger charge is -2.30. The van der Waals surface area contributed by atoms with E-state index >= 15 is 0 Å². The van der Waals surface area contributed by atoms with Crippen LogP contribution in [0.1, 0.15) is 65.2 Å². The average Bonchev–Trinajstić information content (AvgIpc) is 2.66. The molecule has 0 radical (unpaired) electrons. The number of hydrogen-bond donors (Lipinski definition) is 0. The smallest absolute Gasteiger partial charge is 0.0114 e. The van der Waals surface area contributed by atoms with E-state index in [1.807, 2.05) is 0 Å². The Bertz CT molecular complexity index is 930. The Morgan fingerprint density at radius 3 is 1.64 bits per heavy atom. The maximum atomic E-state index is 2.44. The highest BCUT2D eigenvalue weighted by atomic mass is 14.3. The number of rotatable bonds is 3. The van der Waals surface area contributed by atoms with Gasteiger partial charge in [0.05, 0.1) is 0 Å². The van der Waals surface area contributed by atoms with E-state index in [0.717, 1.165) is 6.42 Å². The predicted octanol–water partition coefficient (Wildman–Crippen LogP) is 8.18. The van der Waals surface area contributed by atoms with E-state index in [1.54, 1.807) is 0 Å². The molecule has 0 aromatic heterocycles. The Hall–Kier alpha value is -2.34. The van der Waals surface area contributed by atoms with Crippen LogP contribution >= 0.6 is 0 Å². The summed E-state index contributed by atoms with van der Waals surface area (Å²) in [4.78, 5) is 0. The maximum absolute atomic E-state index is 2.44. The van der Waals surface area contributed by atoms with Gasteiger partial charge in [-0.15, -0.1) is 0 Å². The van der Waals surface area contributed by atoms with E-state index in [2.05, 4.69) is 115 Å². The van der Waals surface area contributed by atoms with Crippen molar-refractivity contribution in [3.63, 3.8) is 0 Å². The highest BCUT2D eigenvalue weighted by Crippen LogP contribution is 2.40. The van der Waals surface area contributed by atoms with Gasteiger partial charge in [0.1, 0.15) is 0 Å². The van der Waals surface area contributed by atoms with Crippen molar-refractivity contribution in [1.82, 2.24) is 0 Å². The van der Waals surface area contributed by atoms with Gasteiger partial charge in [0.25, 0.3) is 0 Å². The van der Waals surface area contributed by atoms with Crippen molar-refractivity contribution >= 4 is 0 Å². The third-order valence-corrected chi connectivity index (χ3v) is 5.56. The van der Waals surface area contributed by atoms with Crippen molar-refractivity contribution < 1.29 is 0 Å². The van der Waals surface area contributed by atoms with Gasteiger partial charge < -0.3 is 0 Å². The fourth-order valence-electron chi connectivity index (χ4n) is 3.81. The quantitative estimate of drug-likeness (QED) is 0.436. The van der Waals surface area contributed by atoms with Crippen molar-refractivity contribution in [2.24, 2.45) is 0 Å². The van der Waals surface area contributed by atoms with Crippen LogP contribution in [-0.4, -0.2) is 0 Å². The first kappa shape index (κ1) is 20.4. The summed E-state index contributed by atoms with van der Waals surface area (Å²) in [6, 6.07) is 24.6. The molecular formula is C28H34. The molecule has 0 saturated carbocycles. The first-order valence-electron chi connectivity index (χ1n) is 10.4. The Morgan fingerprint density at radius 1 is 0.607 bits per heavy atom. The minimum absolute atomic E-state index is 0.0958. The van der Waals surface area contributed by atoms with Gasteiger partial charge in [-0.1, -0.05) is 115 Å². The first-order chi connectivity index (χ1) is 13.1. The van der Waals surface area contributed by atoms with Crippen LogP contribution in [0.3, 0.4) is 0 Å². The van der Waals surface area contributed by atoms with Crippen molar-refractivity contribution in [3.8, 4) is 22.3 Å². The Balaban J connectivity index is 2.17. The van der Waals surface area contributed by atoms with Crippen LogP contribution in [0.2, 0.25) is 0 Å². The molecule has 146 valence electrons. The molecular weight excluding hydrogens is 336 g/mol. The van der Waals surface area contributed by atoms with Gasteiger partial charge in [0, 0.05) is 0 Å². The van der Waals surface area contributed by atoms with Crippen LogP contribution in [0.4, 0.5) is 0 Å². The molecule has 0 heterocycles. The van der Waals surface area contributed by atoms with Crippen LogP contribution in [0, 0.1) is 0 Å². The molecule has 0 N–H and O–H groups in total. The van der Waals surface area contributed by atoms with Crippen LogP contribution in [0.5, 0.6) is 0 Å². The Labute approximate surface area is 171 Å². The monoisotopic (exact) mass is 370 g/mol. The Morgan fingerprint density at radius 2 is 1.14 bits per heavy atom.